The number of ether oxygens (including phenoxy) is 1. The first-order chi connectivity index (χ1) is 10.6. The highest BCUT2D eigenvalue weighted by Gasteiger charge is 2.32. The lowest BCUT2D eigenvalue weighted by Gasteiger charge is -2.34. The number of carbonyl (C=O) groups excluding carboxylic acids is 2. The Kier molecular flexibility index (Phi) is 5.32. The molecule has 0 aliphatic carbocycles. The minimum absolute atomic E-state index is 0.0979. The number of nitrogens with one attached hydrogen (secondary N) is 2. The van der Waals surface area contributed by atoms with Gasteiger partial charge in [0, 0.05) is 13.7 Å². The molecule has 2 N–H and O–H groups in total. The summed E-state index contributed by atoms with van der Waals surface area (Å²) in [6.07, 6.45) is 0.552. The second-order valence-electron chi connectivity index (χ2n) is 5.03. The van der Waals surface area contributed by atoms with E-state index in [1.807, 2.05) is 6.92 Å². The van der Waals surface area contributed by atoms with Crippen LogP contribution < -0.4 is 15.5 Å². The quantitative estimate of drug-likeness (QED) is 0.773. The largest absolute Gasteiger partial charge is 0.383 e. The van der Waals surface area contributed by atoms with Gasteiger partial charge in [0.1, 0.15) is 18.4 Å². The van der Waals surface area contributed by atoms with Crippen LogP contribution >= 0.6 is 0 Å². The van der Waals surface area contributed by atoms with E-state index in [1.54, 1.807) is 7.11 Å². The van der Waals surface area contributed by atoms with Crippen molar-refractivity contribution >= 4 is 23.2 Å². The smallest absolute Gasteiger partial charge is 0.250 e. The molecule has 1 aromatic rings. The normalized spacial score (nSPS) is 17.0. The van der Waals surface area contributed by atoms with E-state index in [4.69, 9.17) is 4.74 Å². The molecule has 2 amide bonds. The highest BCUT2D eigenvalue weighted by atomic mass is 19.1. The van der Waals surface area contributed by atoms with E-state index < -0.39 is 6.04 Å². The van der Waals surface area contributed by atoms with Gasteiger partial charge in [-0.25, -0.2) is 4.39 Å². The predicted octanol–water partition coefficient (Wildman–Crippen LogP) is 1.13. The van der Waals surface area contributed by atoms with Gasteiger partial charge < -0.3 is 15.4 Å². The molecule has 1 atom stereocenters. The van der Waals surface area contributed by atoms with E-state index in [0.29, 0.717) is 30.9 Å². The van der Waals surface area contributed by atoms with Crippen LogP contribution in [0.2, 0.25) is 0 Å². The van der Waals surface area contributed by atoms with Crippen molar-refractivity contribution in [2.45, 2.75) is 19.4 Å². The summed E-state index contributed by atoms with van der Waals surface area (Å²) in [5.74, 6) is -0.860. The van der Waals surface area contributed by atoms with Gasteiger partial charge in [-0.15, -0.1) is 0 Å². The lowest BCUT2D eigenvalue weighted by molar-refractivity contribution is -0.124. The number of carbonyl (C=O) groups is 2. The molecule has 2 rings (SSSR count). The first-order valence-corrected chi connectivity index (χ1v) is 7.20. The molecule has 0 aromatic heterocycles. The monoisotopic (exact) mass is 309 g/mol. The number of rotatable bonds is 6. The predicted molar refractivity (Wildman–Crippen MR) is 81.3 cm³/mol. The Labute approximate surface area is 128 Å². The second-order valence-corrected chi connectivity index (χ2v) is 5.03. The third-order valence-corrected chi connectivity index (χ3v) is 3.48. The molecule has 0 fully saturated rings. The average molecular weight is 309 g/mol. The molecule has 120 valence electrons. The summed E-state index contributed by atoms with van der Waals surface area (Å²) in [7, 11) is 1.54. The first-order valence-electron chi connectivity index (χ1n) is 7.20. The number of hydrogen-bond acceptors (Lipinski definition) is 4. The van der Waals surface area contributed by atoms with Crippen LogP contribution in [0.5, 0.6) is 0 Å². The fourth-order valence-corrected chi connectivity index (χ4v) is 2.35. The van der Waals surface area contributed by atoms with E-state index in [9.17, 15) is 14.0 Å². The van der Waals surface area contributed by atoms with Crippen molar-refractivity contribution < 1.29 is 18.7 Å². The zero-order chi connectivity index (χ0) is 16.1. The maximum Gasteiger partial charge on any atom is 0.250 e. The standard InChI is InChI=1S/C15H20FN3O3/c1-3-11-15(21)19(9-14(20)17-6-7-22-2)13-5-4-10(16)8-12(13)18-11/h4-5,8,11,18H,3,6-7,9H2,1-2H3,(H,17,20). The fraction of sp³-hybridized carbons (Fsp3) is 0.467. The van der Waals surface area contributed by atoms with Crippen LogP contribution in [0, 0.1) is 5.82 Å². The number of benzene rings is 1. The molecule has 1 aliphatic rings. The van der Waals surface area contributed by atoms with Crippen molar-refractivity contribution in [1.29, 1.82) is 0 Å². The highest BCUT2D eigenvalue weighted by molar-refractivity contribution is 6.07. The maximum absolute atomic E-state index is 13.4. The van der Waals surface area contributed by atoms with Crippen molar-refractivity contribution in [3.8, 4) is 0 Å². The average Bonchev–Trinajstić information content (AvgIpc) is 2.50. The van der Waals surface area contributed by atoms with Gasteiger partial charge in [-0.2, -0.15) is 0 Å². The molecule has 0 radical (unpaired) electrons. The number of amides is 2. The molecular weight excluding hydrogens is 289 g/mol. The van der Waals surface area contributed by atoms with E-state index >= 15 is 0 Å². The fourth-order valence-electron chi connectivity index (χ4n) is 2.35. The third-order valence-electron chi connectivity index (χ3n) is 3.48. The molecule has 7 heteroatoms. The van der Waals surface area contributed by atoms with Crippen LogP contribution in [0.1, 0.15) is 13.3 Å². The number of methoxy groups -OCH3 is 1. The lowest BCUT2D eigenvalue weighted by Crippen LogP contribution is -2.50. The van der Waals surface area contributed by atoms with E-state index in [2.05, 4.69) is 10.6 Å². The van der Waals surface area contributed by atoms with E-state index in [-0.39, 0.29) is 24.2 Å². The summed E-state index contributed by atoms with van der Waals surface area (Å²) >= 11 is 0. The van der Waals surface area contributed by atoms with Gasteiger partial charge in [0.2, 0.25) is 11.8 Å². The van der Waals surface area contributed by atoms with E-state index in [1.165, 1.54) is 23.1 Å². The number of nitrogens with zero attached hydrogens (tertiary/aromatic N) is 1. The summed E-state index contributed by atoms with van der Waals surface area (Å²) in [5, 5.41) is 5.68. The highest BCUT2D eigenvalue weighted by Crippen LogP contribution is 2.32. The Bertz CT molecular complexity index is 565. The molecule has 1 unspecified atom stereocenters. The number of fused-ring (bicyclic) bond motifs is 1. The van der Waals surface area contributed by atoms with Gasteiger partial charge in [-0.05, 0) is 24.6 Å². The number of hydrogen-bond donors (Lipinski definition) is 2. The Morgan fingerprint density at radius 2 is 2.27 bits per heavy atom. The van der Waals surface area contributed by atoms with Crippen molar-refractivity contribution in [3.05, 3.63) is 24.0 Å². The molecular formula is C15H20FN3O3. The van der Waals surface area contributed by atoms with Crippen LogP contribution in [-0.4, -0.2) is 44.7 Å². The van der Waals surface area contributed by atoms with Crippen LogP contribution in [-0.2, 0) is 14.3 Å². The Morgan fingerprint density at radius 3 is 2.95 bits per heavy atom. The molecule has 6 nitrogen and oxygen atoms in total. The van der Waals surface area contributed by atoms with Gasteiger partial charge in [0.15, 0.2) is 0 Å². The molecule has 1 heterocycles. The second kappa shape index (κ2) is 7.22. The zero-order valence-electron chi connectivity index (χ0n) is 12.7. The Balaban J connectivity index is 2.17. The number of anilines is 2. The van der Waals surface area contributed by atoms with Gasteiger partial charge in [0.05, 0.1) is 18.0 Å². The summed E-state index contributed by atoms with van der Waals surface area (Å²) < 4.78 is 18.2. The van der Waals surface area contributed by atoms with Gasteiger partial charge >= 0.3 is 0 Å². The molecule has 0 saturated carbocycles. The molecule has 1 aliphatic heterocycles. The minimum atomic E-state index is -0.457. The Hall–Kier alpha value is -2.15. The Morgan fingerprint density at radius 1 is 1.50 bits per heavy atom. The number of halogens is 1. The van der Waals surface area contributed by atoms with E-state index in [0.717, 1.165) is 0 Å². The van der Waals surface area contributed by atoms with Crippen LogP contribution in [0.3, 0.4) is 0 Å². The lowest BCUT2D eigenvalue weighted by atomic mass is 10.1. The van der Waals surface area contributed by atoms with Gasteiger partial charge in [-0.1, -0.05) is 6.92 Å². The van der Waals surface area contributed by atoms with Gasteiger partial charge in [0.25, 0.3) is 0 Å². The summed E-state index contributed by atoms with van der Waals surface area (Å²) in [6, 6.07) is 3.65. The van der Waals surface area contributed by atoms with Crippen LogP contribution in [0.25, 0.3) is 0 Å². The topological polar surface area (TPSA) is 70.7 Å². The zero-order valence-corrected chi connectivity index (χ0v) is 12.7. The van der Waals surface area contributed by atoms with Crippen LogP contribution in [0.4, 0.5) is 15.8 Å². The van der Waals surface area contributed by atoms with Crippen molar-refractivity contribution in [1.82, 2.24) is 5.32 Å². The van der Waals surface area contributed by atoms with Crippen molar-refractivity contribution in [2.24, 2.45) is 0 Å². The van der Waals surface area contributed by atoms with Crippen molar-refractivity contribution in [3.63, 3.8) is 0 Å². The molecule has 22 heavy (non-hydrogen) atoms. The third kappa shape index (κ3) is 3.54. The summed E-state index contributed by atoms with van der Waals surface area (Å²) in [5.41, 5.74) is 1.04. The summed E-state index contributed by atoms with van der Waals surface area (Å²) in [4.78, 5) is 25.8. The molecule has 0 bridgehead atoms. The molecule has 0 spiro atoms. The molecule has 1 aromatic carbocycles. The maximum atomic E-state index is 13.4. The first kappa shape index (κ1) is 16.2. The van der Waals surface area contributed by atoms with Crippen molar-refractivity contribution in [2.75, 3.05) is 37.0 Å². The summed E-state index contributed by atoms with van der Waals surface area (Å²) in [6.45, 7) is 2.54. The SMILES string of the molecule is CCC1Nc2cc(F)ccc2N(CC(=O)NCCOC)C1=O. The molecule has 0 saturated heterocycles. The van der Waals surface area contributed by atoms with Gasteiger partial charge in [-0.3, -0.25) is 14.5 Å². The minimum Gasteiger partial charge on any atom is -0.383 e. The van der Waals surface area contributed by atoms with Crippen LogP contribution in [0.15, 0.2) is 18.2 Å².